The second kappa shape index (κ2) is 12.8. The van der Waals surface area contributed by atoms with Crippen molar-refractivity contribution in [3.63, 3.8) is 0 Å². The van der Waals surface area contributed by atoms with Gasteiger partial charge in [0.05, 0.1) is 7.11 Å². The highest BCUT2D eigenvalue weighted by atomic mass is 32.1. The molecule has 2 amide bonds. The number of nitrogens with zero attached hydrogens (tertiary/aromatic N) is 2. The van der Waals surface area contributed by atoms with Crippen molar-refractivity contribution in [2.45, 2.75) is 38.6 Å². The lowest BCUT2D eigenvalue weighted by Gasteiger charge is -2.18. The molecule has 2 N–H and O–H groups in total. The molecule has 0 radical (unpaired) electrons. The normalized spacial score (nSPS) is 11.5. The third-order valence-corrected chi connectivity index (χ3v) is 6.80. The minimum Gasteiger partial charge on any atom is -0.497 e. The summed E-state index contributed by atoms with van der Waals surface area (Å²) in [5.41, 5.74) is 3.49. The van der Waals surface area contributed by atoms with Gasteiger partial charge in [0.2, 0.25) is 11.0 Å². The Kier molecular flexibility index (Phi) is 8.99. The van der Waals surface area contributed by atoms with Gasteiger partial charge < -0.3 is 10.1 Å². The zero-order valence-corrected chi connectivity index (χ0v) is 21.8. The molecule has 0 bridgehead atoms. The Labute approximate surface area is 220 Å². The van der Waals surface area contributed by atoms with E-state index in [2.05, 4.69) is 27.8 Å². The maximum Gasteiger partial charge on any atom is 0.251 e. The minimum atomic E-state index is -0.793. The number of rotatable bonds is 11. The Bertz CT molecular complexity index is 1320. The predicted molar refractivity (Wildman–Crippen MR) is 147 cm³/mol. The van der Waals surface area contributed by atoms with E-state index < -0.39 is 6.04 Å². The van der Waals surface area contributed by atoms with E-state index in [1.165, 1.54) is 16.9 Å². The molecule has 4 rings (SSSR count). The van der Waals surface area contributed by atoms with Gasteiger partial charge in [-0.15, -0.1) is 10.2 Å². The summed E-state index contributed by atoms with van der Waals surface area (Å²) < 4.78 is 5.28. The van der Waals surface area contributed by atoms with Gasteiger partial charge in [-0.3, -0.25) is 14.9 Å². The zero-order chi connectivity index (χ0) is 26.0. The highest BCUT2D eigenvalue weighted by Gasteiger charge is 2.23. The Morgan fingerprint density at radius 1 is 0.946 bits per heavy atom. The molecule has 37 heavy (non-hydrogen) atoms. The van der Waals surface area contributed by atoms with Crippen LogP contribution in [0, 0.1) is 0 Å². The van der Waals surface area contributed by atoms with E-state index in [4.69, 9.17) is 4.74 Å². The van der Waals surface area contributed by atoms with Crippen molar-refractivity contribution in [3.8, 4) is 16.3 Å². The van der Waals surface area contributed by atoms with Gasteiger partial charge in [0.1, 0.15) is 16.8 Å². The lowest BCUT2D eigenvalue weighted by atomic mass is 10.0. The molecule has 1 aromatic heterocycles. The number of carbonyl (C=O) groups excluding carboxylic acids is 2. The van der Waals surface area contributed by atoms with Gasteiger partial charge in [-0.2, -0.15) is 0 Å². The van der Waals surface area contributed by atoms with Crippen LogP contribution in [-0.4, -0.2) is 35.2 Å². The molecule has 0 aliphatic carbocycles. The average molecular weight is 515 g/mol. The first kappa shape index (κ1) is 26.0. The summed E-state index contributed by atoms with van der Waals surface area (Å²) in [5.74, 6) is 0.0555. The molecular formula is C29H30N4O3S. The third kappa shape index (κ3) is 7.24. The van der Waals surface area contributed by atoms with Gasteiger partial charge in [-0.1, -0.05) is 79.3 Å². The highest BCUT2D eigenvalue weighted by Crippen LogP contribution is 2.28. The molecule has 0 aliphatic rings. The standard InChI is InChI=1S/C29H30N4O3S/c1-3-4-9-20-14-16-22(17-15-20)26(34)30-25(18-21-10-6-5-7-11-21)27(35)31-29-33-32-28(37-29)23-12-8-13-24(19-23)36-2/h5-8,10-17,19,25H,3-4,9,18H2,1-2H3,(H,30,34)(H,31,33,35)/t25-/m0/s1. The van der Waals surface area contributed by atoms with Crippen molar-refractivity contribution in [1.82, 2.24) is 15.5 Å². The van der Waals surface area contributed by atoms with Crippen LogP contribution in [0.4, 0.5) is 5.13 Å². The first-order valence-electron chi connectivity index (χ1n) is 12.3. The first-order chi connectivity index (χ1) is 18.1. The van der Waals surface area contributed by atoms with Crippen LogP contribution in [0.5, 0.6) is 5.75 Å². The third-order valence-electron chi connectivity index (χ3n) is 5.91. The van der Waals surface area contributed by atoms with Gasteiger partial charge in [-0.05, 0) is 48.2 Å². The lowest BCUT2D eigenvalue weighted by Crippen LogP contribution is -2.45. The number of amides is 2. The van der Waals surface area contributed by atoms with Crippen LogP contribution in [0.1, 0.15) is 41.3 Å². The average Bonchev–Trinajstić information content (AvgIpc) is 3.41. The van der Waals surface area contributed by atoms with Crippen LogP contribution in [0.2, 0.25) is 0 Å². The molecule has 3 aromatic carbocycles. The molecular weight excluding hydrogens is 484 g/mol. The van der Waals surface area contributed by atoms with Gasteiger partial charge in [0.15, 0.2) is 0 Å². The van der Waals surface area contributed by atoms with Crippen LogP contribution < -0.4 is 15.4 Å². The Balaban J connectivity index is 1.48. The summed E-state index contributed by atoms with van der Waals surface area (Å²) in [7, 11) is 1.60. The van der Waals surface area contributed by atoms with E-state index in [-0.39, 0.29) is 11.8 Å². The Hall–Kier alpha value is -4.04. The fraction of sp³-hybridized carbons (Fsp3) is 0.241. The van der Waals surface area contributed by atoms with Crippen LogP contribution >= 0.6 is 11.3 Å². The van der Waals surface area contributed by atoms with E-state index >= 15 is 0 Å². The zero-order valence-electron chi connectivity index (χ0n) is 20.9. The molecule has 0 spiro atoms. The van der Waals surface area contributed by atoms with Crippen molar-refractivity contribution in [3.05, 3.63) is 95.6 Å². The Morgan fingerprint density at radius 2 is 1.73 bits per heavy atom. The molecule has 8 heteroatoms. The Morgan fingerprint density at radius 3 is 2.46 bits per heavy atom. The van der Waals surface area contributed by atoms with E-state index in [9.17, 15) is 9.59 Å². The molecule has 1 atom stereocenters. The number of nitrogens with one attached hydrogen (secondary N) is 2. The number of carbonyl (C=O) groups is 2. The summed E-state index contributed by atoms with van der Waals surface area (Å²) in [4.78, 5) is 26.3. The van der Waals surface area contributed by atoms with Crippen LogP contribution in [0.25, 0.3) is 10.6 Å². The quantitative estimate of drug-likeness (QED) is 0.274. The van der Waals surface area contributed by atoms with Crippen LogP contribution in [0.15, 0.2) is 78.9 Å². The summed E-state index contributed by atoms with van der Waals surface area (Å²) in [6.07, 6.45) is 3.55. The highest BCUT2D eigenvalue weighted by molar-refractivity contribution is 7.18. The summed E-state index contributed by atoms with van der Waals surface area (Å²) in [6, 6.07) is 23.8. The van der Waals surface area contributed by atoms with Crippen molar-refractivity contribution >= 4 is 28.3 Å². The van der Waals surface area contributed by atoms with Crippen LogP contribution in [-0.2, 0) is 17.6 Å². The van der Waals surface area contributed by atoms with Crippen molar-refractivity contribution in [2.75, 3.05) is 12.4 Å². The van der Waals surface area contributed by atoms with E-state index in [1.54, 1.807) is 7.11 Å². The number of methoxy groups -OCH3 is 1. The first-order valence-corrected chi connectivity index (χ1v) is 13.1. The molecule has 190 valence electrons. The monoisotopic (exact) mass is 514 g/mol. The molecule has 7 nitrogen and oxygen atoms in total. The second-order valence-electron chi connectivity index (χ2n) is 8.65. The number of hydrogen-bond acceptors (Lipinski definition) is 6. The molecule has 0 saturated heterocycles. The molecule has 0 unspecified atom stereocenters. The van der Waals surface area contributed by atoms with Crippen LogP contribution in [0.3, 0.4) is 0 Å². The van der Waals surface area contributed by atoms with E-state index in [0.717, 1.165) is 30.4 Å². The van der Waals surface area contributed by atoms with Crippen molar-refractivity contribution < 1.29 is 14.3 Å². The molecule has 4 aromatic rings. The lowest BCUT2D eigenvalue weighted by molar-refractivity contribution is -0.118. The summed E-state index contributed by atoms with van der Waals surface area (Å²) in [6.45, 7) is 2.15. The van der Waals surface area contributed by atoms with E-state index in [0.29, 0.717) is 27.9 Å². The largest absolute Gasteiger partial charge is 0.497 e. The predicted octanol–water partition coefficient (Wildman–Crippen LogP) is 5.54. The smallest absolute Gasteiger partial charge is 0.251 e. The van der Waals surface area contributed by atoms with Crippen molar-refractivity contribution in [2.24, 2.45) is 0 Å². The fourth-order valence-electron chi connectivity index (χ4n) is 3.84. The number of aryl methyl sites for hydroxylation is 1. The SMILES string of the molecule is CCCCc1ccc(C(=O)N[C@@H](Cc2ccccc2)C(=O)Nc2nnc(-c3cccc(OC)c3)s2)cc1. The van der Waals surface area contributed by atoms with Gasteiger partial charge in [0, 0.05) is 17.5 Å². The van der Waals surface area contributed by atoms with Gasteiger partial charge in [-0.25, -0.2) is 0 Å². The summed E-state index contributed by atoms with van der Waals surface area (Å²) >= 11 is 1.26. The van der Waals surface area contributed by atoms with Gasteiger partial charge >= 0.3 is 0 Å². The topological polar surface area (TPSA) is 93.2 Å². The maximum absolute atomic E-state index is 13.3. The number of anilines is 1. The summed E-state index contributed by atoms with van der Waals surface area (Å²) in [5, 5.41) is 15.1. The maximum atomic E-state index is 13.3. The molecule has 1 heterocycles. The molecule has 0 fully saturated rings. The number of hydrogen-bond donors (Lipinski definition) is 2. The fourth-order valence-corrected chi connectivity index (χ4v) is 4.59. The second-order valence-corrected chi connectivity index (χ2v) is 9.63. The number of benzene rings is 3. The number of aromatic nitrogens is 2. The van der Waals surface area contributed by atoms with Crippen molar-refractivity contribution in [1.29, 1.82) is 0 Å². The van der Waals surface area contributed by atoms with Gasteiger partial charge in [0.25, 0.3) is 5.91 Å². The minimum absolute atomic E-state index is 0.299. The molecule has 0 saturated carbocycles. The molecule has 0 aliphatic heterocycles. The number of ether oxygens (including phenoxy) is 1. The van der Waals surface area contributed by atoms with E-state index in [1.807, 2.05) is 78.9 Å². The number of unbranched alkanes of at least 4 members (excludes halogenated alkanes) is 1.